The first-order valence-electron chi connectivity index (χ1n) is 5.92. The minimum Gasteiger partial charge on any atom is -0.393 e. The summed E-state index contributed by atoms with van der Waals surface area (Å²) in [6.07, 6.45) is 1.73. The third kappa shape index (κ3) is 3.44. The minimum atomic E-state index is -0.628. The predicted molar refractivity (Wildman–Crippen MR) is 70.0 cm³/mol. The molecule has 0 bridgehead atoms. The van der Waals surface area contributed by atoms with Gasteiger partial charge in [0.15, 0.2) is 12.0 Å². The maximum absolute atomic E-state index is 9.84. The number of nitrogens with two attached hydrogens (primary N) is 2. The van der Waals surface area contributed by atoms with Crippen LogP contribution in [0.5, 0.6) is 0 Å². The van der Waals surface area contributed by atoms with E-state index in [2.05, 4.69) is 10.3 Å². The Kier molecular flexibility index (Phi) is 5.11. The molecule has 1 saturated heterocycles. The van der Waals surface area contributed by atoms with E-state index < -0.39 is 12.3 Å². The van der Waals surface area contributed by atoms with Gasteiger partial charge in [-0.3, -0.25) is 5.41 Å². The molecule has 0 aromatic rings. The lowest BCUT2D eigenvalue weighted by atomic mass is 10.1. The SMILES string of the molecule is C/C=N\C(NC1O[C@H](CC)C[C@@H]1O)=C(\N)C(=N)N. The highest BCUT2D eigenvalue weighted by Crippen LogP contribution is 2.22. The van der Waals surface area contributed by atoms with Gasteiger partial charge in [-0.2, -0.15) is 0 Å². The second-order valence-corrected chi connectivity index (χ2v) is 4.10. The van der Waals surface area contributed by atoms with Crippen LogP contribution in [0.2, 0.25) is 0 Å². The monoisotopic (exact) mass is 255 g/mol. The van der Waals surface area contributed by atoms with Crippen molar-refractivity contribution >= 4 is 12.1 Å². The van der Waals surface area contributed by atoms with Gasteiger partial charge in [-0.05, 0) is 13.3 Å². The summed E-state index contributed by atoms with van der Waals surface area (Å²) in [6, 6.07) is 0. The van der Waals surface area contributed by atoms with E-state index >= 15 is 0 Å². The fraction of sp³-hybridized carbons (Fsp3) is 0.636. The second-order valence-electron chi connectivity index (χ2n) is 4.10. The van der Waals surface area contributed by atoms with Crippen molar-refractivity contribution in [1.82, 2.24) is 5.32 Å². The largest absolute Gasteiger partial charge is 0.393 e. The minimum absolute atomic E-state index is 0.0166. The van der Waals surface area contributed by atoms with Crippen LogP contribution in [0.4, 0.5) is 0 Å². The van der Waals surface area contributed by atoms with Crippen molar-refractivity contribution in [1.29, 1.82) is 5.41 Å². The maximum Gasteiger partial charge on any atom is 0.155 e. The molecular weight excluding hydrogens is 234 g/mol. The maximum atomic E-state index is 9.84. The van der Waals surface area contributed by atoms with Gasteiger partial charge >= 0.3 is 0 Å². The summed E-state index contributed by atoms with van der Waals surface area (Å²) in [7, 11) is 0. The Balaban J connectivity index is 2.80. The molecule has 1 heterocycles. The summed E-state index contributed by atoms with van der Waals surface area (Å²) in [5, 5.41) is 20.0. The molecule has 0 saturated carbocycles. The Morgan fingerprint density at radius 1 is 1.61 bits per heavy atom. The third-order valence-corrected chi connectivity index (χ3v) is 2.73. The van der Waals surface area contributed by atoms with Crippen molar-refractivity contribution in [3.63, 3.8) is 0 Å². The molecule has 0 radical (unpaired) electrons. The normalized spacial score (nSPS) is 29.4. The first kappa shape index (κ1) is 14.5. The topological polar surface area (TPSA) is 130 Å². The molecule has 0 aromatic heterocycles. The fourth-order valence-electron chi connectivity index (χ4n) is 1.72. The molecule has 0 amide bonds. The number of ether oxygens (including phenoxy) is 1. The van der Waals surface area contributed by atoms with Gasteiger partial charge in [-0.1, -0.05) is 6.92 Å². The first-order valence-corrected chi connectivity index (χ1v) is 5.92. The van der Waals surface area contributed by atoms with E-state index in [1.165, 1.54) is 6.21 Å². The van der Waals surface area contributed by atoms with E-state index in [0.29, 0.717) is 6.42 Å². The molecule has 18 heavy (non-hydrogen) atoms. The number of aliphatic hydroxyl groups excluding tert-OH is 1. The number of aliphatic hydroxyl groups is 1. The molecular formula is C11H21N5O2. The number of amidine groups is 1. The van der Waals surface area contributed by atoms with Crippen molar-refractivity contribution in [2.24, 2.45) is 16.5 Å². The number of hydrogen-bond acceptors (Lipinski definition) is 6. The van der Waals surface area contributed by atoms with Crippen molar-refractivity contribution in [2.45, 2.75) is 45.1 Å². The molecule has 0 spiro atoms. The van der Waals surface area contributed by atoms with E-state index in [0.717, 1.165) is 6.42 Å². The Hall–Kier alpha value is -1.60. The Labute approximate surface area is 106 Å². The summed E-state index contributed by atoms with van der Waals surface area (Å²) in [5.74, 6) is -0.0339. The van der Waals surface area contributed by atoms with Gasteiger partial charge in [0.05, 0.1) is 6.10 Å². The molecule has 0 aromatic carbocycles. The molecule has 1 unspecified atom stereocenters. The molecule has 1 fully saturated rings. The van der Waals surface area contributed by atoms with Crippen LogP contribution >= 0.6 is 0 Å². The molecule has 7 nitrogen and oxygen atoms in total. The van der Waals surface area contributed by atoms with Gasteiger partial charge in [0.25, 0.3) is 0 Å². The highest BCUT2D eigenvalue weighted by Gasteiger charge is 2.33. The molecule has 102 valence electrons. The van der Waals surface area contributed by atoms with E-state index in [9.17, 15) is 5.11 Å². The fourth-order valence-corrected chi connectivity index (χ4v) is 1.72. The Morgan fingerprint density at radius 3 is 2.72 bits per heavy atom. The lowest BCUT2D eigenvalue weighted by Gasteiger charge is -2.19. The molecule has 1 aliphatic rings. The van der Waals surface area contributed by atoms with Crippen molar-refractivity contribution in [3.05, 3.63) is 11.5 Å². The van der Waals surface area contributed by atoms with Gasteiger partial charge in [-0.15, -0.1) is 0 Å². The highest BCUT2D eigenvalue weighted by atomic mass is 16.5. The Morgan fingerprint density at radius 2 is 2.28 bits per heavy atom. The number of nitrogens with zero attached hydrogens (tertiary/aromatic N) is 1. The van der Waals surface area contributed by atoms with E-state index in [1.54, 1.807) is 6.92 Å². The standard InChI is InChI=1S/C11H21N5O2/c1-3-6-5-7(17)11(18-6)16-10(15-4-2)8(12)9(13)14/h4,6-7,11,16-17H,3,5,12H2,1-2H3,(H3,13,14)/b10-8-,15-4-/t6-,7+,11?/m1/s1. The lowest BCUT2D eigenvalue weighted by molar-refractivity contribution is -0.00553. The average Bonchev–Trinajstić information content (AvgIpc) is 2.68. The highest BCUT2D eigenvalue weighted by molar-refractivity contribution is 5.94. The van der Waals surface area contributed by atoms with E-state index in [1.807, 2.05) is 6.92 Å². The Bertz CT molecular complexity index is 366. The van der Waals surface area contributed by atoms with Crippen molar-refractivity contribution in [2.75, 3.05) is 0 Å². The number of rotatable bonds is 5. The summed E-state index contributed by atoms with van der Waals surface area (Å²) in [4.78, 5) is 4.00. The van der Waals surface area contributed by atoms with Gasteiger partial charge < -0.3 is 26.6 Å². The van der Waals surface area contributed by atoms with Crippen LogP contribution in [0, 0.1) is 5.41 Å². The zero-order chi connectivity index (χ0) is 13.7. The van der Waals surface area contributed by atoms with Crippen LogP contribution in [0.25, 0.3) is 0 Å². The molecule has 3 atom stereocenters. The van der Waals surface area contributed by atoms with Crippen LogP contribution in [0.1, 0.15) is 26.7 Å². The molecule has 7 N–H and O–H groups in total. The van der Waals surface area contributed by atoms with Gasteiger partial charge in [0, 0.05) is 12.6 Å². The molecule has 7 heteroatoms. The average molecular weight is 255 g/mol. The van der Waals surface area contributed by atoms with Crippen molar-refractivity contribution in [3.8, 4) is 0 Å². The van der Waals surface area contributed by atoms with Crippen LogP contribution in [0.3, 0.4) is 0 Å². The van der Waals surface area contributed by atoms with Crippen LogP contribution in [0.15, 0.2) is 16.5 Å². The summed E-state index contributed by atoms with van der Waals surface area (Å²) < 4.78 is 5.59. The second kappa shape index (κ2) is 6.36. The molecule has 1 aliphatic heterocycles. The first-order chi connectivity index (χ1) is 8.49. The zero-order valence-corrected chi connectivity index (χ0v) is 10.7. The predicted octanol–water partition coefficient (Wildman–Crippen LogP) is -0.384. The van der Waals surface area contributed by atoms with Gasteiger partial charge in [-0.25, -0.2) is 4.99 Å². The third-order valence-electron chi connectivity index (χ3n) is 2.73. The van der Waals surface area contributed by atoms with Crippen LogP contribution < -0.4 is 16.8 Å². The van der Waals surface area contributed by atoms with E-state index in [4.69, 9.17) is 21.6 Å². The zero-order valence-electron chi connectivity index (χ0n) is 10.7. The van der Waals surface area contributed by atoms with Crippen LogP contribution in [-0.4, -0.2) is 35.6 Å². The summed E-state index contributed by atoms with van der Waals surface area (Å²) >= 11 is 0. The smallest absolute Gasteiger partial charge is 0.155 e. The quantitative estimate of drug-likeness (QED) is 0.337. The lowest BCUT2D eigenvalue weighted by Crippen LogP contribution is -2.38. The molecule has 0 aliphatic carbocycles. The summed E-state index contributed by atoms with van der Waals surface area (Å²) in [6.45, 7) is 3.71. The van der Waals surface area contributed by atoms with Gasteiger partial charge in [0.1, 0.15) is 17.6 Å². The number of nitrogens with one attached hydrogen (secondary N) is 2. The van der Waals surface area contributed by atoms with E-state index in [-0.39, 0.29) is 23.5 Å². The summed E-state index contributed by atoms with van der Waals surface area (Å²) in [5.41, 5.74) is 11.0. The van der Waals surface area contributed by atoms with Crippen LogP contribution in [-0.2, 0) is 4.74 Å². The molecule has 1 rings (SSSR count). The number of aliphatic imine (C=N–C) groups is 1. The number of hydrogen-bond donors (Lipinski definition) is 5. The van der Waals surface area contributed by atoms with Crippen molar-refractivity contribution < 1.29 is 9.84 Å². The van der Waals surface area contributed by atoms with Gasteiger partial charge in [0.2, 0.25) is 0 Å².